The lowest BCUT2D eigenvalue weighted by atomic mass is 10.2. The van der Waals surface area contributed by atoms with Gasteiger partial charge < -0.3 is 29.9 Å². The molecular formula is C29H23N3O10S2. The monoisotopic (exact) mass is 637 g/mol. The third-order valence-corrected chi connectivity index (χ3v) is 9.79. The fourth-order valence-electron chi connectivity index (χ4n) is 3.90. The Hall–Kier alpha value is -5.41. The number of benzene rings is 4. The molecule has 1 heterocycles. The molecule has 0 amide bonds. The second kappa shape index (κ2) is 12.1. The molecule has 15 heteroatoms. The van der Waals surface area contributed by atoms with Crippen molar-refractivity contribution in [3.8, 4) is 35.0 Å². The first-order chi connectivity index (χ1) is 20.9. The summed E-state index contributed by atoms with van der Waals surface area (Å²) < 4.78 is 63.0. The summed E-state index contributed by atoms with van der Waals surface area (Å²) in [5.41, 5.74) is 0.230. The van der Waals surface area contributed by atoms with Gasteiger partial charge >= 0.3 is 12.0 Å². The van der Waals surface area contributed by atoms with Crippen LogP contribution in [-0.4, -0.2) is 52.2 Å². The van der Waals surface area contributed by atoms with E-state index < -0.39 is 19.7 Å². The zero-order valence-corrected chi connectivity index (χ0v) is 24.1. The normalized spacial score (nSPS) is 11.6. The molecule has 1 aromatic heterocycles. The van der Waals surface area contributed by atoms with Crippen molar-refractivity contribution in [2.45, 2.75) is 32.8 Å². The number of nitrogens with zero attached hydrogens (tertiary/aromatic N) is 3. The molecule has 0 atom stereocenters. The Kier molecular flexibility index (Phi) is 8.24. The van der Waals surface area contributed by atoms with Crippen molar-refractivity contribution in [3.63, 3.8) is 0 Å². The number of sulfone groups is 2. The first kappa shape index (κ1) is 30.1. The third-order valence-electron chi connectivity index (χ3n) is 6.26. The predicted octanol–water partition coefficient (Wildman–Crippen LogP) is 3.52. The van der Waals surface area contributed by atoms with E-state index in [4.69, 9.17) is 9.47 Å². The second-order valence-corrected chi connectivity index (χ2v) is 13.1. The standard InChI is InChI=1S/C29H23N3O10S2/c33-20-1-5-22(6-2-20)43(37,38)24-9-11-26(35)18(13-24)15-41-28-30-17-31-29(32-28)42-16-19-14-25(10-12-27(19)36)44(39,40)23-7-3-21(34)4-8-23/h1-14,17,33-36H,15-16H2. The lowest BCUT2D eigenvalue weighted by Crippen LogP contribution is -2.07. The highest BCUT2D eigenvalue weighted by Crippen LogP contribution is 2.29. The van der Waals surface area contributed by atoms with Gasteiger partial charge in [-0.3, -0.25) is 0 Å². The molecule has 0 aliphatic carbocycles. The molecule has 0 fully saturated rings. The average molecular weight is 638 g/mol. The smallest absolute Gasteiger partial charge is 0.322 e. The van der Waals surface area contributed by atoms with Crippen LogP contribution in [0.25, 0.3) is 0 Å². The molecule has 0 unspecified atom stereocenters. The maximum absolute atomic E-state index is 13.0. The summed E-state index contributed by atoms with van der Waals surface area (Å²) in [5, 5.41) is 39.5. The molecular weight excluding hydrogens is 614 g/mol. The van der Waals surface area contributed by atoms with Crippen molar-refractivity contribution < 1.29 is 46.7 Å². The van der Waals surface area contributed by atoms with Gasteiger partial charge in [0.2, 0.25) is 19.7 Å². The van der Waals surface area contributed by atoms with Crippen molar-refractivity contribution >= 4 is 19.7 Å². The van der Waals surface area contributed by atoms with Crippen molar-refractivity contribution in [2.75, 3.05) is 0 Å². The summed E-state index contributed by atoms with van der Waals surface area (Å²) in [6.45, 7) is -0.654. The number of aromatic nitrogens is 3. The molecule has 0 saturated heterocycles. The van der Waals surface area contributed by atoms with Gasteiger partial charge in [0.1, 0.15) is 42.5 Å². The molecule has 0 radical (unpaired) electrons. The van der Waals surface area contributed by atoms with Crippen LogP contribution in [0, 0.1) is 0 Å². The van der Waals surface area contributed by atoms with Gasteiger partial charge in [-0.25, -0.2) is 16.8 Å². The van der Waals surface area contributed by atoms with Crippen LogP contribution in [-0.2, 0) is 32.9 Å². The minimum atomic E-state index is -3.96. The minimum Gasteiger partial charge on any atom is -0.508 e. The van der Waals surface area contributed by atoms with Crippen LogP contribution in [0.1, 0.15) is 11.1 Å². The fourth-order valence-corrected chi connectivity index (χ4v) is 6.53. The molecule has 4 aromatic carbocycles. The molecule has 5 rings (SSSR count). The van der Waals surface area contributed by atoms with Crippen LogP contribution in [0.15, 0.2) is 111 Å². The number of aromatic hydroxyl groups is 4. The largest absolute Gasteiger partial charge is 0.508 e. The molecule has 0 saturated carbocycles. The first-order valence-corrected chi connectivity index (χ1v) is 15.6. The summed E-state index contributed by atoms with van der Waals surface area (Å²) in [6.07, 6.45) is 1.08. The lowest BCUT2D eigenvalue weighted by Gasteiger charge is -2.11. The highest BCUT2D eigenvalue weighted by molar-refractivity contribution is 7.91. The third kappa shape index (κ3) is 6.48. The first-order valence-electron chi connectivity index (χ1n) is 12.6. The summed E-state index contributed by atoms with van der Waals surface area (Å²) in [5.74, 6) is -0.655. The zero-order valence-electron chi connectivity index (χ0n) is 22.5. The van der Waals surface area contributed by atoms with Gasteiger partial charge in [0.05, 0.1) is 19.6 Å². The van der Waals surface area contributed by atoms with Crippen LogP contribution in [0.2, 0.25) is 0 Å². The Labute approximate surface area is 251 Å². The quantitative estimate of drug-likeness (QED) is 0.173. The van der Waals surface area contributed by atoms with Crippen molar-refractivity contribution in [1.82, 2.24) is 15.0 Å². The number of rotatable bonds is 10. The van der Waals surface area contributed by atoms with Crippen LogP contribution in [0.3, 0.4) is 0 Å². The summed E-state index contributed by atoms with van der Waals surface area (Å²) in [6, 6.07) is 16.9. The maximum atomic E-state index is 13.0. The van der Waals surface area contributed by atoms with Gasteiger partial charge in [0.25, 0.3) is 0 Å². The van der Waals surface area contributed by atoms with E-state index in [1.54, 1.807) is 0 Å². The molecule has 0 aliphatic rings. The Balaban J connectivity index is 1.28. The number of ether oxygens (including phenoxy) is 2. The summed E-state index contributed by atoms with van der Waals surface area (Å²) in [7, 11) is -7.92. The Morgan fingerprint density at radius 2 is 0.886 bits per heavy atom. The van der Waals surface area contributed by atoms with E-state index in [2.05, 4.69) is 15.0 Å². The Morgan fingerprint density at radius 1 is 0.523 bits per heavy atom. The minimum absolute atomic E-state index is 0.0540. The van der Waals surface area contributed by atoms with E-state index in [1.807, 2.05) is 0 Å². The maximum Gasteiger partial charge on any atom is 0.322 e. The van der Waals surface area contributed by atoms with Gasteiger partial charge in [-0.15, -0.1) is 4.98 Å². The number of hydrogen-bond donors (Lipinski definition) is 4. The lowest BCUT2D eigenvalue weighted by molar-refractivity contribution is 0.245. The Morgan fingerprint density at radius 3 is 1.27 bits per heavy atom. The fraction of sp³-hybridized carbons (Fsp3) is 0.0690. The van der Waals surface area contributed by atoms with Crippen LogP contribution < -0.4 is 9.47 Å². The van der Waals surface area contributed by atoms with Crippen LogP contribution >= 0.6 is 0 Å². The molecule has 13 nitrogen and oxygen atoms in total. The molecule has 4 N–H and O–H groups in total. The predicted molar refractivity (Wildman–Crippen MR) is 152 cm³/mol. The second-order valence-electron chi connectivity index (χ2n) is 9.20. The van der Waals surface area contributed by atoms with Crippen LogP contribution in [0.5, 0.6) is 35.0 Å². The van der Waals surface area contributed by atoms with E-state index in [0.717, 1.165) is 6.33 Å². The summed E-state index contributed by atoms with van der Waals surface area (Å²) >= 11 is 0. The molecule has 0 spiro atoms. The van der Waals surface area contributed by atoms with E-state index in [-0.39, 0.29) is 78.9 Å². The molecule has 226 valence electrons. The number of phenolic OH excluding ortho intramolecular Hbond substituents is 4. The highest BCUT2D eigenvalue weighted by atomic mass is 32.2. The number of phenols is 4. The molecule has 0 bridgehead atoms. The highest BCUT2D eigenvalue weighted by Gasteiger charge is 2.21. The van der Waals surface area contributed by atoms with Gasteiger partial charge in [0.15, 0.2) is 0 Å². The van der Waals surface area contributed by atoms with Gasteiger partial charge in [0, 0.05) is 11.1 Å². The zero-order chi connectivity index (χ0) is 31.5. The van der Waals surface area contributed by atoms with Crippen molar-refractivity contribution in [1.29, 1.82) is 0 Å². The van der Waals surface area contributed by atoms with Gasteiger partial charge in [-0.05, 0) is 84.9 Å². The van der Waals surface area contributed by atoms with Crippen LogP contribution in [0.4, 0.5) is 0 Å². The van der Waals surface area contributed by atoms with E-state index in [9.17, 15) is 37.3 Å². The number of hydrogen-bond acceptors (Lipinski definition) is 13. The van der Waals surface area contributed by atoms with Crippen molar-refractivity contribution in [3.05, 3.63) is 102 Å². The SMILES string of the molecule is O=S(=O)(c1ccc(O)cc1)c1ccc(O)c(COc2ncnc(OCc3cc(S(=O)(=O)c4ccc(O)cc4)ccc3O)n2)c1. The van der Waals surface area contributed by atoms with E-state index >= 15 is 0 Å². The van der Waals surface area contributed by atoms with Gasteiger partial charge in [-0.2, -0.15) is 9.97 Å². The average Bonchev–Trinajstić information content (AvgIpc) is 3.00. The van der Waals surface area contributed by atoms with Gasteiger partial charge in [-0.1, -0.05) is 0 Å². The van der Waals surface area contributed by atoms with Crippen molar-refractivity contribution in [2.24, 2.45) is 0 Å². The summed E-state index contributed by atoms with van der Waals surface area (Å²) in [4.78, 5) is 11.4. The molecule has 5 aromatic rings. The molecule has 0 aliphatic heterocycles. The van der Waals surface area contributed by atoms with E-state index in [0.29, 0.717) is 0 Å². The van der Waals surface area contributed by atoms with E-state index in [1.165, 1.54) is 84.9 Å². The Bertz CT molecular complexity index is 1890. The topological polar surface area (TPSA) is 206 Å². The molecule has 44 heavy (non-hydrogen) atoms.